The van der Waals surface area contributed by atoms with Crippen molar-refractivity contribution in [3.8, 4) is 5.75 Å². The highest BCUT2D eigenvalue weighted by atomic mass is 16.5. The molecule has 18 heavy (non-hydrogen) atoms. The second kappa shape index (κ2) is 4.25. The van der Waals surface area contributed by atoms with Gasteiger partial charge < -0.3 is 9.84 Å². The van der Waals surface area contributed by atoms with Gasteiger partial charge in [-0.3, -0.25) is 4.90 Å². The lowest BCUT2D eigenvalue weighted by Crippen LogP contribution is -2.57. The van der Waals surface area contributed by atoms with Gasteiger partial charge >= 0.3 is 0 Å². The summed E-state index contributed by atoms with van der Waals surface area (Å²) in [5.41, 5.74) is 0.576. The standard InChI is InChI=1S/C15H21NO2/c1-15(2)14(16-9-5-6-10-16)13(17)11-7-3-4-8-12(11)18-15/h3-4,7-8,13-14,17H,5-6,9-10H2,1-2H3. The predicted octanol–water partition coefficient (Wildman–Crippen LogP) is 2.36. The molecule has 3 heteroatoms. The Balaban J connectivity index is 1.99. The van der Waals surface area contributed by atoms with Crippen molar-refractivity contribution < 1.29 is 9.84 Å². The lowest BCUT2D eigenvalue weighted by Gasteiger charge is -2.47. The van der Waals surface area contributed by atoms with Crippen LogP contribution in [-0.4, -0.2) is 34.7 Å². The minimum Gasteiger partial charge on any atom is -0.486 e. The van der Waals surface area contributed by atoms with Gasteiger partial charge in [0.15, 0.2) is 0 Å². The van der Waals surface area contributed by atoms with Gasteiger partial charge in [-0.15, -0.1) is 0 Å². The maximum Gasteiger partial charge on any atom is 0.126 e. The molecular formula is C15H21NO2. The third-order valence-corrected chi connectivity index (χ3v) is 4.16. The monoisotopic (exact) mass is 247 g/mol. The Labute approximate surface area is 108 Å². The van der Waals surface area contributed by atoms with Gasteiger partial charge in [-0.2, -0.15) is 0 Å². The molecule has 0 amide bonds. The normalized spacial score (nSPS) is 30.8. The molecule has 2 aliphatic rings. The highest BCUT2D eigenvalue weighted by Crippen LogP contribution is 2.42. The van der Waals surface area contributed by atoms with E-state index in [2.05, 4.69) is 18.7 Å². The second-order valence-corrected chi connectivity index (χ2v) is 5.88. The third-order valence-electron chi connectivity index (χ3n) is 4.16. The van der Waals surface area contributed by atoms with Crippen LogP contribution >= 0.6 is 0 Å². The quantitative estimate of drug-likeness (QED) is 0.827. The largest absolute Gasteiger partial charge is 0.486 e. The molecule has 2 unspecified atom stereocenters. The van der Waals surface area contributed by atoms with Crippen LogP contribution in [0.15, 0.2) is 24.3 Å². The van der Waals surface area contributed by atoms with Gasteiger partial charge in [0.25, 0.3) is 0 Å². The maximum absolute atomic E-state index is 10.7. The molecule has 1 N–H and O–H groups in total. The van der Waals surface area contributed by atoms with Crippen LogP contribution in [0.3, 0.4) is 0 Å². The van der Waals surface area contributed by atoms with Gasteiger partial charge in [-0.25, -0.2) is 0 Å². The van der Waals surface area contributed by atoms with Gasteiger partial charge in [-0.05, 0) is 45.8 Å². The highest BCUT2D eigenvalue weighted by molar-refractivity contribution is 5.39. The Bertz CT molecular complexity index is 438. The molecule has 98 valence electrons. The third kappa shape index (κ3) is 1.82. The minimum atomic E-state index is -0.456. The molecule has 0 radical (unpaired) electrons. The van der Waals surface area contributed by atoms with Gasteiger partial charge in [-0.1, -0.05) is 18.2 Å². The van der Waals surface area contributed by atoms with E-state index in [-0.39, 0.29) is 11.6 Å². The lowest BCUT2D eigenvalue weighted by atomic mass is 9.85. The Kier molecular flexibility index (Phi) is 2.83. The number of ether oxygens (including phenoxy) is 1. The van der Waals surface area contributed by atoms with Crippen molar-refractivity contribution in [2.75, 3.05) is 13.1 Å². The lowest BCUT2D eigenvalue weighted by molar-refractivity contribution is -0.0757. The molecule has 0 aromatic heterocycles. The van der Waals surface area contributed by atoms with E-state index in [0.29, 0.717) is 0 Å². The van der Waals surface area contributed by atoms with Crippen LogP contribution in [-0.2, 0) is 0 Å². The maximum atomic E-state index is 10.7. The van der Waals surface area contributed by atoms with Gasteiger partial charge in [0, 0.05) is 5.56 Å². The van der Waals surface area contributed by atoms with E-state index in [1.165, 1.54) is 12.8 Å². The van der Waals surface area contributed by atoms with Gasteiger partial charge in [0.2, 0.25) is 0 Å². The Morgan fingerprint density at radius 1 is 1.22 bits per heavy atom. The van der Waals surface area contributed by atoms with E-state index in [1.807, 2.05) is 24.3 Å². The zero-order chi connectivity index (χ0) is 12.8. The molecule has 2 heterocycles. The van der Waals surface area contributed by atoms with Gasteiger partial charge in [0.05, 0.1) is 6.04 Å². The molecule has 1 aromatic carbocycles. The molecule has 0 bridgehead atoms. The smallest absolute Gasteiger partial charge is 0.126 e. The number of hydrogen-bond acceptors (Lipinski definition) is 3. The van der Waals surface area contributed by atoms with E-state index >= 15 is 0 Å². The zero-order valence-corrected chi connectivity index (χ0v) is 11.1. The average molecular weight is 247 g/mol. The Morgan fingerprint density at radius 3 is 2.61 bits per heavy atom. The minimum absolute atomic E-state index is 0.0508. The fourth-order valence-corrected chi connectivity index (χ4v) is 3.37. The predicted molar refractivity (Wildman–Crippen MR) is 70.7 cm³/mol. The van der Waals surface area contributed by atoms with Crippen molar-refractivity contribution in [1.82, 2.24) is 4.90 Å². The van der Waals surface area contributed by atoms with E-state index in [0.717, 1.165) is 24.4 Å². The Morgan fingerprint density at radius 2 is 1.89 bits per heavy atom. The summed E-state index contributed by atoms with van der Waals surface area (Å²) in [4.78, 5) is 2.38. The molecule has 2 atom stereocenters. The van der Waals surface area contributed by atoms with Crippen LogP contribution in [0.25, 0.3) is 0 Å². The van der Waals surface area contributed by atoms with Crippen LogP contribution in [0.5, 0.6) is 5.75 Å². The molecule has 3 rings (SSSR count). The Hall–Kier alpha value is -1.06. The van der Waals surface area contributed by atoms with E-state index < -0.39 is 6.10 Å². The number of fused-ring (bicyclic) bond motifs is 1. The number of aliphatic hydroxyl groups excluding tert-OH is 1. The number of hydrogen-bond donors (Lipinski definition) is 1. The first-order valence-corrected chi connectivity index (χ1v) is 6.80. The topological polar surface area (TPSA) is 32.7 Å². The van der Waals surface area contributed by atoms with E-state index in [1.54, 1.807) is 0 Å². The molecule has 3 nitrogen and oxygen atoms in total. The van der Waals surface area contributed by atoms with Crippen molar-refractivity contribution in [2.45, 2.75) is 44.4 Å². The summed E-state index contributed by atoms with van der Waals surface area (Å²) in [5.74, 6) is 0.824. The summed E-state index contributed by atoms with van der Waals surface area (Å²) in [5, 5.41) is 10.7. The van der Waals surface area contributed by atoms with Crippen LogP contribution in [0.1, 0.15) is 38.4 Å². The summed E-state index contributed by atoms with van der Waals surface area (Å²) in [6, 6.07) is 7.89. The van der Waals surface area contributed by atoms with Crippen molar-refractivity contribution in [3.05, 3.63) is 29.8 Å². The summed E-state index contributed by atoms with van der Waals surface area (Å²) in [6.07, 6.45) is 1.99. The second-order valence-electron chi connectivity index (χ2n) is 5.88. The molecule has 0 aliphatic carbocycles. The fourth-order valence-electron chi connectivity index (χ4n) is 3.37. The molecule has 1 fully saturated rings. The SMILES string of the molecule is CC1(C)Oc2ccccc2C(O)C1N1CCCC1. The molecule has 2 aliphatic heterocycles. The number of rotatable bonds is 1. The molecule has 1 saturated heterocycles. The fraction of sp³-hybridized carbons (Fsp3) is 0.600. The molecular weight excluding hydrogens is 226 g/mol. The summed E-state index contributed by atoms with van der Waals surface area (Å²) >= 11 is 0. The first kappa shape index (κ1) is 12.0. The van der Waals surface area contributed by atoms with Gasteiger partial charge in [0.1, 0.15) is 17.5 Å². The van der Waals surface area contributed by atoms with Crippen LogP contribution < -0.4 is 4.74 Å². The van der Waals surface area contributed by atoms with Crippen LogP contribution in [0, 0.1) is 0 Å². The number of nitrogens with zero attached hydrogens (tertiary/aromatic N) is 1. The number of para-hydroxylation sites is 1. The molecule has 1 aromatic rings. The summed E-state index contributed by atoms with van der Waals surface area (Å²) < 4.78 is 6.11. The summed E-state index contributed by atoms with van der Waals surface area (Å²) in [7, 11) is 0. The van der Waals surface area contributed by atoms with Crippen LogP contribution in [0.4, 0.5) is 0 Å². The molecule has 0 saturated carbocycles. The first-order chi connectivity index (χ1) is 8.59. The van der Waals surface area contributed by atoms with Crippen LogP contribution in [0.2, 0.25) is 0 Å². The number of aliphatic hydroxyl groups is 1. The van der Waals surface area contributed by atoms with Crippen molar-refractivity contribution in [1.29, 1.82) is 0 Å². The summed E-state index contributed by atoms with van der Waals surface area (Å²) in [6.45, 7) is 6.29. The zero-order valence-electron chi connectivity index (χ0n) is 11.1. The van der Waals surface area contributed by atoms with E-state index in [4.69, 9.17) is 4.74 Å². The van der Waals surface area contributed by atoms with E-state index in [9.17, 15) is 5.11 Å². The molecule has 0 spiro atoms. The number of likely N-dealkylation sites (tertiary alicyclic amines) is 1. The highest BCUT2D eigenvalue weighted by Gasteiger charge is 2.46. The van der Waals surface area contributed by atoms with Crippen molar-refractivity contribution in [3.63, 3.8) is 0 Å². The first-order valence-electron chi connectivity index (χ1n) is 6.80. The van der Waals surface area contributed by atoms with Crippen molar-refractivity contribution >= 4 is 0 Å². The number of benzene rings is 1. The van der Waals surface area contributed by atoms with Crippen molar-refractivity contribution in [2.24, 2.45) is 0 Å². The average Bonchev–Trinajstić information content (AvgIpc) is 2.81.